The van der Waals surface area contributed by atoms with Crippen LogP contribution in [0, 0.1) is 0 Å². The maximum atomic E-state index is 11.7. The van der Waals surface area contributed by atoms with E-state index in [-0.39, 0.29) is 5.69 Å². The van der Waals surface area contributed by atoms with E-state index in [1.54, 1.807) is 14.0 Å². The standard InChI is InChI=1S/C13H23N3O3/c1-4-10-15-11(13(17)19-5-2)12(14)16(10)8-6-7-9-18-3/h4-9,14H2,1-3H3. The number of aromatic nitrogens is 2. The van der Waals surface area contributed by atoms with Gasteiger partial charge in [0.2, 0.25) is 0 Å². The van der Waals surface area contributed by atoms with Gasteiger partial charge in [0.25, 0.3) is 0 Å². The molecule has 0 saturated heterocycles. The first-order valence-corrected chi connectivity index (χ1v) is 6.66. The maximum absolute atomic E-state index is 11.7. The quantitative estimate of drug-likeness (QED) is 0.573. The molecule has 19 heavy (non-hydrogen) atoms. The molecule has 6 nitrogen and oxygen atoms in total. The molecule has 1 aromatic heterocycles. The van der Waals surface area contributed by atoms with Crippen molar-refractivity contribution in [3.63, 3.8) is 0 Å². The van der Waals surface area contributed by atoms with Crippen LogP contribution in [0.5, 0.6) is 0 Å². The fourth-order valence-corrected chi connectivity index (χ4v) is 1.90. The van der Waals surface area contributed by atoms with Crippen LogP contribution in [0.3, 0.4) is 0 Å². The minimum Gasteiger partial charge on any atom is -0.461 e. The molecule has 0 bridgehead atoms. The Morgan fingerprint density at radius 1 is 1.37 bits per heavy atom. The predicted octanol–water partition coefficient (Wildman–Crippen LogP) is 1.63. The number of nitrogen functional groups attached to an aromatic ring is 1. The van der Waals surface area contributed by atoms with Crippen molar-refractivity contribution in [3.05, 3.63) is 11.5 Å². The number of rotatable bonds is 8. The summed E-state index contributed by atoms with van der Waals surface area (Å²) in [5, 5.41) is 0. The first kappa shape index (κ1) is 15.5. The fraction of sp³-hybridized carbons (Fsp3) is 0.692. The predicted molar refractivity (Wildman–Crippen MR) is 73.1 cm³/mol. The van der Waals surface area contributed by atoms with E-state index in [1.165, 1.54) is 0 Å². The lowest BCUT2D eigenvalue weighted by Crippen LogP contribution is -2.11. The minimum absolute atomic E-state index is 0.227. The number of methoxy groups -OCH3 is 1. The molecule has 0 fully saturated rings. The van der Waals surface area contributed by atoms with Gasteiger partial charge in [0.15, 0.2) is 5.69 Å². The average Bonchev–Trinajstić information content (AvgIpc) is 2.72. The molecule has 0 aliphatic carbocycles. The Balaban J connectivity index is 2.81. The molecule has 0 spiro atoms. The molecule has 1 aromatic rings. The largest absolute Gasteiger partial charge is 0.461 e. The molecule has 0 saturated carbocycles. The number of unbranched alkanes of at least 4 members (excludes halogenated alkanes) is 1. The van der Waals surface area contributed by atoms with Crippen LogP contribution in [0.4, 0.5) is 5.82 Å². The molecule has 2 N–H and O–H groups in total. The van der Waals surface area contributed by atoms with E-state index in [2.05, 4.69) is 4.98 Å². The Kier molecular flexibility index (Phi) is 6.35. The number of hydrogen-bond donors (Lipinski definition) is 1. The van der Waals surface area contributed by atoms with E-state index < -0.39 is 5.97 Å². The number of hydrogen-bond acceptors (Lipinski definition) is 5. The first-order chi connectivity index (χ1) is 9.15. The summed E-state index contributed by atoms with van der Waals surface area (Å²) >= 11 is 0. The molecule has 0 amide bonds. The highest BCUT2D eigenvalue weighted by molar-refractivity contribution is 5.92. The molecule has 0 aliphatic rings. The van der Waals surface area contributed by atoms with E-state index in [1.807, 2.05) is 11.5 Å². The molecule has 108 valence electrons. The highest BCUT2D eigenvalue weighted by atomic mass is 16.5. The Morgan fingerprint density at radius 3 is 2.68 bits per heavy atom. The second-order valence-electron chi connectivity index (χ2n) is 4.19. The number of aryl methyl sites for hydroxylation is 1. The number of carbonyl (C=O) groups is 1. The van der Waals surface area contributed by atoms with Crippen LogP contribution in [0.1, 0.15) is 43.0 Å². The lowest BCUT2D eigenvalue weighted by molar-refractivity contribution is 0.0521. The molecule has 0 radical (unpaired) electrons. The van der Waals surface area contributed by atoms with Gasteiger partial charge in [0.05, 0.1) is 6.61 Å². The SMILES string of the molecule is CCOC(=O)c1nc(CC)n(CCCCOC)c1N. The van der Waals surface area contributed by atoms with Gasteiger partial charge in [0.1, 0.15) is 11.6 Å². The Hall–Kier alpha value is -1.56. The summed E-state index contributed by atoms with van der Waals surface area (Å²) in [5.74, 6) is 0.760. The van der Waals surface area contributed by atoms with Gasteiger partial charge in [-0.25, -0.2) is 9.78 Å². The Bertz CT molecular complexity index is 416. The van der Waals surface area contributed by atoms with Gasteiger partial charge in [-0.15, -0.1) is 0 Å². The molecule has 1 heterocycles. The monoisotopic (exact) mass is 269 g/mol. The van der Waals surface area contributed by atoms with Crippen LogP contribution in [-0.2, 0) is 22.4 Å². The van der Waals surface area contributed by atoms with E-state index in [0.29, 0.717) is 12.4 Å². The molecule has 6 heteroatoms. The van der Waals surface area contributed by atoms with Crippen molar-refractivity contribution in [2.75, 3.05) is 26.1 Å². The van der Waals surface area contributed by atoms with Crippen molar-refractivity contribution < 1.29 is 14.3 Å². The third-order valence-electron chi connectivity index (χ3n) is 2.85. The zero-order valence-corrected chi connectivity index (χ0v) is 11.9. The molecule has 0 unspecified atom stereocenters. The van der Waals surface area contributed by atoms with Gasteiger partial charge in [-0.05, 0) is 19.8 Å². The summed E-state index contributed by atoms with van der Waals surface area (Å²) in [6.45, 7) is 5.53. The van der Waals surface area contributed by atoms with Crippen molar-refractivity contribution in [2.45, 2.75) is 39.7 Å². The van der Waals surface area contributed by atoms with Crippen LogP contribution < -0.4 is 5.73 Å². The van der Waals surface area contributed by atoms with Crippen molar-refractivity contribution >= 4 is 11.8 Å². The minimum atomic E-state index is -0.453. The zero-order chi connectivity index (χ0) is 14.3. The molecule has 0 aliphatic heterocycles. The Labute approximate surface area is 113 Å². The number of nitrogens with zero attached hydrogens (tertiary/aromatic N) is 2. The summed E-state index contributed by atoms with van der Waals surface area (Å²) in [6.07, 6.45) is 2.61. The summed E-state index contributed by atoms with van der Waals surface area (Å²) in [4.78, 5) is 16.0. The summed E-state index contributed by atoms with van der Waals surface area (Å²) in [6, 6.07) is 0. The van der Waals surface area contributed by atoms with Gasteiger partial charge in [-0.1, -0.05) is 6.92 Å². The van der Waals surface area contributed by atoms with Gasteiger partial charge in [-0.2, -0.15) is 0 Å². The summed E-state index contributed by atoms with van der Waals surface area (Å²) in [7, 11) is 1.68. The van der Waals surface area contributed by atoms with Crippen LogP contribution in [0.25, 0.3) is 0 Å². The molecular weight excluding hydrogens is 246 g/mol. The Morgan fingerprint density at radius 2 is 2.11 bits per heavy atom. The molecular formula is C13H23N3O3. The second kappa shape index (κ2) is 7.78. The second-order valence-corrected chi connectivity index (χ2v) is 4.19. The third-order valence-corrected chi connectivity index (χ3v) is 2.85. The lowest BCUT2D eigenvalue weighted by atomic mass is 10.3. The summed E-state index contributed by atoms with van der Waals surface area (Å²) < 4.78 is 11.9. The lowest BCUT2D eigenvalue weighted by Gasteiger charge is -2.08. The van der Waals surface area contributed by atoms with Crippen LogP contribution in [0.2, 0.25) is 0 Å². The number of carbonyl (C=O) groups excluding carboxylic acids is 1. The van der Waals surface area contributed by atoms with Crippen molar-refractivity contribution in [1.82, 2.24) is 9.55 Å². The van der Waals surface area contributed by atoms with E-state index in [0.717, 1.165) is 38.2 Å². The number of imidazole rings is 1. The normalized spacial score (nSPS) is 10.7. The van der Waals surface area contributed by atoms with Gasteiger partial charge < -0.3 is 19.8 Å². The van der Waals surface area contributed by atoms with Crippen LogP contribution >= 0.6 is 0 Å². The zero-order valence-electron chi connectivity index (χ0n) is 11.9. The molecule has 0 atom stereocenters. The van der Waals surface area contributed by atoms with Crippen molar-refractivity contribution in [1.29, 1.82) is 0 Å². The first-order valence-electron chi connectivity index (χ1n) is 6.66. The van der Waals surface area contributed by atoms with Gasteiger partial charge in [0, 0.05) is 26.7 Å². The van der Waals surface area contributed by atoms with Crippen molar-refractivity contribution in [2.24, 2.45) is 0 Å². The third kappa shape index (κ3) is 3.96. The smallest absolute Gasteiger partial charge is 0.360 e. The van der Waals surface area contributed by atoms with Crippen molar-refractivity contribution in [3.8, 4) is 0 Å². The fourth-order valence-electron chi connectivity index (χ4n) is 1.90. The van der Waals surface area contributed by atoms with E-state index >= 15 is 0 Å². The molecule has 1 rings (SSSR count). The summed E-state index contributed by atoms with van der Waals surface area (Å²) in [5.41, 5.74) is 6.22. The number of ether oxygens (including phenoxy) is 2. The average molecular weight is 269 g/mol. The van der Waals surface area contributed by atoms with Crippen LogP contribution in [-0.4, -0.2) is 35.8 Å². The van der Waals surface area contributed by atoms with E-state index in [4.69, 9.17) is 15.2 Å². The highest BCUT2D eigenvalue weighted by Gasteiger charge is 2.20. The number of esters is 1. The molecule has 0 aromatic carbocycles. The number of nitrogens with two attached hydrogens (primary N) is 1. The van der Waals surface area contributed by atoms with Gasteiger partial charge >= 0.3 is 5.97 Å². The highest BCUT2D eigenvalue weighted by Crippen LogP contribution is 2.17. The van der Waals surface area contributed by atoms with E-state index in [9.17, 15) is 4.79 Å². The van der Waals surface area contributed by atoms with Crippen LogP contribution in [0.15, 0.2) is 0 Å². The number of anilines is 1. The maximum Gasteiger partial charge on any atom is 0.360 e. The van der Waals surface area contributed by atoms with Gasteiger partial charge in [-0.3, -0.25) is 0 Å². The topological polar surface area (TPSA) is 79.4 Å².